The molecule has 2 nitrogen and oxygen atoms in total. The van der Waals surface area contributed by atoms with Crippen LogP contribution >= 0.6 is 11.6 Å². The lowest BCUT2D eigenvalue weighted by atomic mass is 9.82. The van der Waals surface area contributed by atoms with Crippen LogP contribution in [-0.4, -0.2) is 0 Å². The zero-order valence-corrected chi connectivity index (χ0v) is 11.8. The molecule has 0 spiro atoms. The molecule has 1 aliphatic rings. The molecule has 0 saturated heterocycles. The number of benzene rings is 2. The largest absolute Gasteiger partial charge is 0.345 e. The van der Waals surface area contributed by atoms with Crippen molar-refractivity contribution >= 4 is 17.3 Å². The zero-order valence-electron chi connectivity index (χ0n) is 11.0. The molecule has 0 radical (unpaired) electrons. The summed E-state index contributed by atoms with van der Waals surface area (Å²) in [6.07, 6.45) is 0. The van der Waals surface area contributed by atoms with Gasteiger partial charge in [-0.05, 0) is 29.7 Å². The van der Waals surface area contributed by atoms with Crippen molar-refractivity contribution < 1.29 is 0 Å². The number of anilines is 1. The van der Waals surface area contributed by atoms with E-state index in [-0.39, 0.29) is 5.92 Å². The fourth-order valence-corrected chi connectivity index (χ4v) is 2.86. The van der Waals surface area contributed by atoms with Crippen molar-refractivity contribution in [3.05, 3.63) is 76.0 Å². The van der Waals surface area contributed by atoms with E-state index in [0.717, 1.165) is 22.4 Å². The molecule has 20 heavy (non-hydrogen) atoms. The third kappa shape index (κ3) is 2.07. The van der Waals surface area contributed by atoms with Crippen molar-refractivity contribution in [2.45, 2.75) is 12.8 Å². The summed E-state index contributed by atoms with van der Waals surface area (Å²) in [6.45, 7) is 2.04. The molecule has 0 aliphatic carbocycles. The number of fused-ring (bicyclic) bond motifs is 1. The minimum atomic E-state index is -0.106. The Bertz CT molecular complexity index is 726. The highest BCUT2D eigenvalue weighted by molar-refractivity contribution is 6.32. The quantitative estimate of drug-likeness (QED) is 0.779. The molecule has 2 aromatic carbocycles. The van der Waals surface area contributed by atoms with Crippen LogP contribution < -0.4 is 5.32 Å². The third-order valence-corrected chi connectivity index (χ3v) is 3.84. The van der Waals surface area contributed by atoms with Crippen LogP contribution in [0.4, 0.5) is 5.69 Å². The lowest BCUT2D eigenvalue weighted by Crippen LogP contribution is -2.16. The molecule has 1 heterocycles. The molecule has 1 N–H and O–H groups in total. The Morgan fingerprint density at radius 1 is 1.15 bits per heavy atom. The van der Waals surface area contributed by atoms with Crippen LogP contribution in [-0.2, 0) is 0 Å². The highest BCUT2D eigenvalue weighted by Crippen LogP contribution is 2.42. The van der Waals surface area contributed by atoms with Crippen molar-refractivity contribution in [2.24, 2.45) is 0 Å². The van der Waals surface area contributed by atoms with Gasteiger partial charge in [0.2, 0.25) is 0 Å². The first-order valence-corrected chi connectivity index (χ1v) is 6.81. The van der Waals surface area contributed by atoms with Gasteiger partial charge in [0.25, 0.3) is 0 Å². The minimum Gasteiger partial charge on any atom is -0.345 e. The van der Waals surface area contributed by atoms with Gasteiger partial charge in [-0.1, -0.05) is 54.1 Å². The normalized spacial score (nSPS) is 17.1. The van der Waals surface area contributed by atoms with Crippen molar-refractivity contribution in [1.82, 2.24) is 0 Å². The summed E-state index contributed by atoms with van der Waals surface area (Å²) >= 11 is 6.25. The van der Waals surface area contributed by atoms with Gasteiger partial charge in [0.15, 0.2) is 0 Å². The lowest BCUT2D eigenvalue weighted by molar-refractivity contribution is 0.956. The van der Waals surface area contributed by atoms with Crippen molar-refractivity contribution in [3.63, 3.8) is 0 Å². The van der Waals surface area contributed by atoms with Gasteiger partial charge < -0.3 is 5.32 Å². The van der Waals surface area contributed by atoms with E-state index in [0.29, 0.717) is 10.7 Å². The smallest absolute Gasteiger partial charge is 0.121 e. The van der Waals surface area contributed by atoms with E-state index in [1.807, 2.05) is 37.3 Å². The van der Waals surface area contributed by atoms with Gasteiger partial charge in [-0.2, -0.15) is 5.26 Å². The van der Waals surface area contributed by atoms with E-state index in [1.54, 1.807) is 0 Å². The van der Waals surface area contributed by atoms with E-state index >= 15 is 0 Å². The highest BCUT2D eigenvalue weighted by atomic mass is 35.5. The van der Waals surface area contributed by atoms with Gasteiger partial charge in [0.1, 0.15) is 5.16 Å². The van der Waals surface area contributed by atoms with Gasteiger partial charge in [-0.3, -0.25) is 0 Å². The highest BCUT2D eigenvalue weighted by Gasteiger charge is 2.28. The lowest BCUT2D eigenvalue weighted by Gasteiger charge is -2.27. The predicted octanol–water partition coefficient (Wildman–Crippen LogP) is 4.53. The van der Waals surface area contributed by atoms with Crippen LogP contribution in [0.15, 0.2) is 59.3 Å². The standard InChI is InChI=1S/C17H13ClN2/c1-11-7-8-13-15(9-11)20-17(18)14(10-19)16(13)12-5-3-2-4-6-12/h2-9,16,20H,1H3. The number of hydrogen-bond donors (Lipinski definition) is 1. The minimum absolute atomic E-state index is 0.106. The molecule has 0 bridgehead atoms. The maximum atomic E-state index is 9.44. The first kappa shape index (κ1) is 12.8. The van der Waals surface area contributed by atoms with Gasteiger partial charge in [0.05, 0.1) is 11.6 Å². The summed E-state index contributed by atoms with van der Waals surface area (Å²) in [4.78, 5) is 0. The number of rotatable bonds is 1. The van der Waals surface area contributed by atoms with Crippen LogP contribution in [0.3, 0.4) is 0 Å². The van der Waals surface area contributed by atoms with E-state index in [4.69, 9.17) is 11.6 Å². The van der Waals surface area contributed by atoms with E-state index in [9.17, 15) is 5.26 Å². The maximum Gasteiger partial charge on any atom is 0.121 e. The van der Waals surface area contributed by atoms with Gasteiger partial charge in [-0.25, -0.2) is 0 Å². The Balaban J connectivity index is 2.23. The number of aryl methyl sites for hydroxylation is 1. The van der Waals surface area contributed by atoms with E-state index in [2.05, 4.69) is 29.6 Å². The second-order valence-corrected chi connectivity index (χ2v) is 5.28. The van der Waals surface area contributed by atoms with Crippen molar-refractivity contribution in [1.29, 1.82) is 5.26 Å². The molecule has 0 fully saturated rings. The molecule has 3 rings (SSSR count). The number of hydrogen-bond acceptors (Lipinski definition) is 2. The molecule has 1 aliphatic heterocycles. The SMILES string of the molecule is Cc1ccc2c(c1)NC(Cl)=C(C#N)C2c1ccccc1. The number of allylic oxidation sites excluding steroid dienone is 1. The molecular formula is C17H13ClN2. The Morgan fingerprint density at radius 2 is 1.90 bits per heavy atom. The van der Waals surface area contributed by atoms with Crippen LogP contribution in [0, 0.1) is 18.3 Å². The Morgan fingerprint density at radius 3 is 2.60 bits per heavy atom. The molecule has 3 heteroatoms. The third-order valence-electron chi connectivity index (χ3n) is 3.54. The van der Waals surface area contributed by atoms with Crippen LogP contribution in [0.25, 0.3) is 0 Å². The topological polar surface area (TPSA) is 35.8 Å². The van der Waals surface area contributed by atoms with Crippen molar-refractivity contribution in [3.8, 4) is 6.07 Å². The predicted molar refractivity (Wildman–Crippen MR) is 81.6 cm³/mol. The molecule has 1 unspecified atom stereocenters. The average Bonchev–Trinajstić information content (AvgIpc) is 2.46. The second-order valence-electron chi connectivity index (χ2n) is 4.90. The fraction of sp³-hybridized carbons (Fsp3) is 0.118. The molecule has 0 amide bonds. The number of halogens is 1. The van der Waals surface area contributed by atoms with Crippen LogP contribution in [0.1, 0.15) is 22.6 Å². The number of nitrogens with zero attached hydrogens (tertiary/aromatic N) is 1. The molecule has 0 aromatic heterocycles. The second kappa shape index (κ2) is 5.03. The van der Waals surface area contributed by atoms with Crippen LogP contribution in [0.2, 0.25) is 0 Å². The van der Waals surface area contributed by atoms with Crippen LogP contribution in [0.5, 0.6) is 0 Å². The average molecular weight is 281 g/mol. The van der Waals surface area contributed by atoms with Gasteiger partial charge >= 0.3 is 0 Å². The zero-order chi connectivity index (χ0) is 14.1. The molecule has 1 atom stereocenters. The Hall–Kier alpha value is -2.24. The summed E-state index contributed by atoms with van der Waals surface area (Å²) in [5.41, 5.74) is 4.86. The molecule has 98 valence electrons. The first-order chi connectivity index (χ1) is 9.70. The Kier molecular flexibility index (Phi) is 3.22. The Labute approximate surface area is 123 Å². The molecule has 2 aromatic rings. The van der Waals surface area contributed by atoms with E-state index < -0.39 is 0 Å². The summed E-state index contributed by atoms with van der Waals surface area (Å²) in [7, 11) is 0. The van der Waals surface area contributed by atoms with Gasteiger partial charge in [-0.15, -0.1) is 0 Å². The summed E-state index contributed by atoms with van der Waals surface area (Å²) in [6, 6.07) is 18.4. The maximum absolute atomic E-state index is 9.44. The first-order valence-electron chi connectivity index (χ1n) is 6.43. The number of nitrogens with one attached hydrogen (secondary N) is 1. The number of nitriles is 1. The summed E-state index contributed by atoms with van der Waals surface area (Å²) < 4.78 is 0. The summed E-state index contributed by atoms with van der Waals surface area (Å²) in [5.74, 6) is -0.106. The monoisotopic (exact) mass is 280 g/mol. The van der Waals surface area contributed by atoms with Crippen molar-refractivity contribution in [2.75, 3.05) is 5.32 Å². The summed E-state index contributed by atoms with van der Waals surface area (Å²) in [5, 5.41) is 13.0. The molecule has 0 saturated carbocycles. The van der Waals surface area contributed by atoms with E-state index in [1.165, 1.54) is 0 Å². The fourth-order valence-electron chi connectivity index (χ4n) is 2.60. The van der Waals surface area contributed by atoms with Gasteiger partial charge in [0, 0.05) is 11.6 Å². The molecular weight excluding hydrogens is 268 g/mol.